The second-order valence-corrected chi connectivity index (χ2v) is 3.78. The monoisotopic (exact) mass is 287 g/mol. The highest BCUT2D eigenvalue weighted by Crippen LogP contribution is 2.23. The first-order valence-electron chi connectivity index (χ1n) is 5.36. The number of esters is 1. The van der Waals surface area contributed by atoms with Gasteiger partial charge in [-0.25, -0.2) is 13.6 Å². The quantitative estimate of drug-likeness (QED) is 0.369. The largest absolute Gasteiger partial charge is 0.465 e. The molecule has 1 aromatic carbocycles. The van der Waals surface area contributed by atoms with Gasteiger partial charge in [0.25, 0.3) is 0 Å². The van der Waals surface area contributed by atoms with Gasteiger partial charge >= 0.3 is 5.97 Å². The minimum atomic E-state index is -1.67. The lowest BCUT2D eigenvalue weighted by atomic mass is 10.0. The molecule has 0 bridgehead atoms. The molecule has 7 nitrogen and oxygen atoms in total. The third-order valence-electron chi connectivity index (χ3n) is 2.49. The predicted molar refractivity (Wildman–Crippen MR) is 62.7 cm³/mol. The van der Waals surface area contributed by atoms with Gasteiger partial charge in [-0.3, -0.25) is 0 Å². The molecule has 0 aromatic heterocycles. The van der Waals surface area contributed by atoms with Gasteiger partial charge in [-0.15, -0.1) is 0 Å². The summed E-state index contributed by atoms with van der Waals surface area (Å²) in [7, 11) is 0.966. The number of nitrogens with zero attached hydrogens (tertiary/aromatic N) is 3. The van der Waals surface area contributed by atoms with Gasteiger partial charge in [0.1, 0.15) is 23.3 Å². The SMILES string of the molecule is COC(=O)c1c(F)cc(C(O)C(O)CN=[N+]=[N-])cc1F. The molecule has 0 heterocycles. The number of methoxy groups -OCH3 is 1. The zero-order valence-electron chi connectivity index (χ0n) is 10.3. The molecule has 9 heteroatoms. The van der Waals surface area contributed by atoms with Crippen LogP contribution in [0.5, 0.6) is 0 Å². The lowest BCUT2D eigenvalue weighted by molar-refractivity contribution is 0.0240. The molecular weight excluding hydrogens is 276 g/mol. The summed E-state index contributed by atoms with van der Waals surface area (Å²) in [4.78, 5) is 13.5. The van der Waals surface area contributed by atoms with Crippen molar-refractivity contribution >= 4 is 5.97 Å². The number of carbonyl (C=O) groups is 1. The highest BCUT2D eigenvalue weighted by atomic mass is 19.1. The molecule has 2 N–H and O–H groups in total. The van der Waals surface area contributed by atoms with Crippen LogP contribution in [0.4, 0.5) is 8.78 Å². The number of halogens is 2. The molecule has 1 aromatic rings. The number of carbonyl (C=O) groups excluding carboxylic acids is 1. The molecule has 2 atom stereocenters. The molecule has 0 aliphatic heterocycles. The Kier molecular flexibility index (Phi) is 5.39. The molecule has 1 rings (SSSR count). The lowest BCUT2D eigenvalue weighted by Crippen LogP contribution is -2.22. The van der Waals surface area contributed by atoms with E-state index in [1.54, 1.807) is 0 Å². The maximum atomic E-state index is 13.6. The van der Waals surface area contributed by atoms with E-state index in [-0.39, 0.29) is 5.56 Å². The summed E-state index contributed by atoms with van der Waals surface area (Å²) in [5.74, 6) is -3.67. The number of aliphatic hydroxyl groups excluding tert-OH is 2. The minimum Gasteiger partial charge on any atom is -0.465 e. The fraction of sp³-hybridized carbons (Fsp3) is 0.364. The van der Waals surface area contributed by atoms with Crippen LogP contribution in [0.2, 0.25) is 0 Å². The highest BCUT2D eigenvalue weighted by molar-refractivity contribution is 5.90. The number of aliphatic hydroxyl groups is 2. The first kappa shape index (κ1) is 15.8. The Balaban J connectivity index is 3.10. The standard InChI is InChI=1S/C11H11F2N3O4/c1-20-11(19)9-6(12)2-5(3-7(9)13)10(18)8(17)4-15-16-14/h2-3,8,10,17-18H,4H2,1H3. The summed E-state index contributed by atoms with van der Waals surface area (Å²) >= 11 is 0. The third-order valence-corrected chi connectivity index (χ3v) is 2.49. The Hall–Kier alpha value is -2.22. The van der Waals surface area contributed by atoms with Crippen LogP contribution in [-0.2, 0) is 4.74 Å². The van der Waals surface area contributed by atoms with Gasteiger partial charge in [-0.05, 0) is 23.2 Å². The molecule has 0 spiro atoms. The molecule has 0 radical (unpaired) electrons. The second kappa shape index (κ2) is 6.80. The molecule has 20 heavy (non-hydrogen) atoms. The summed E-state index contributed by atoms with van der Waals surface area (Å²) in [6.45, 7) is -0.473. The summed E-state index contributed by atoms with van der Waals surface area (Å²) in [5, 5.41) is 22.2. The Morgan fingerprint density at radius 1 is 1.45 bits per heavy atom. The summed E-state index contributed by atoms with van der Waals surface area (Å²) in [6, 6.07) is 1.39. The number of ether oxygens (including phenoxy) is 1. The Labute approximate surface area is 112 Å². The van der Waals surface area contributed by atoms with Crippen molar-refractivity contribution in [3.8, 4) is 0 Å². The summed E-state index contributed by atoms with van der Waals surface area (Å²) in [5.41, 5.74) is 6.88. The molecule has 0 aliphatic rings. The van der Waals surface area contributed by atoms with Gasteiger partial charge in [-0.2, -0.15) is 0 Å². The molecule has 0 fully saturated rings. The van der Waals surface area contributed by atoms with E-state index in [2.05, 4.69) is 14.8 Å². The first-order chi connectivity index (χ1) is 9.42. The van der Waals surface area contributed by atoms with E-state index in [4.69, 9.17) is 5.53 Å². The van der Waals surface area contributed by atoms with Gasteiger partial charge < -0.3 is 14.9 Å². The van der Waals surface area contributed by atoms with E-state index in [0.717, 1.165) is 7.11 Å². The summed E-state index contributed by atoms with van der Waals surface area (Å²) in [6.07, 6.45) is -3.20. The molecular formula is C11H11F2N3O4. The fourth-order valence-electron chi connectivity index (χ4n) is 1.50. The second-order valence-electron chi connectivity index (χ2n) is 3.78. The molecule has 0 amide bonds. The van der Waals surface area contributed by atoms with E-state index in [1.807, 2.05) is 0 Å². The van der Waals surface area contributed by atoms with Crippen LogP contribution in [0, 0.1) is 11.6 Å². The van der Waals surface area contributed by atoms with Gasteiger partial charge in [0, 0.05) is 4.91 Å². The van der Waals surface area contributed by atoms with Gasteiger partial charge in [0.15, 0.2) is 0 Å². The van der Waals surface area contributed by atoms with E-state index >= 15 is 0 Å². The van der Waals surface area contributed by atoms with Crippen LogP contribution < -0.4 is 0 Å². The van der Waals surface area contributed by atoms with Crippen molar-refractivity contribution in [1.29, 1.82) is 0 Å². The zero-order chi connectivity index (χ0) is 15.3. The van der Waals surface area contributed by atoms with E-state index < -0.39 is 41.9 Å². The van der Waals surface area contributed by atoms with Crippen LogP contribution in [-0.4, -0.2) is 35.9 Å². The van der Waals surface area contributed by atoms with Gasteiger partial charge in [-0.1, -0.05) is 5.11 Å². The molecule has 0 aliphatic carbocycles. The maximum Gasteiger partial charge on any atom is 0.343 e. The van der Waals surface area contributed by atoms with Crippen LogP contribution >= 0.6 is 0 Å². The number of hydrogen-bond donors (Lipinski definition) is 2. The third kappa shape index (κ3) is 3.41. The predicted octanol–water partition coefficient (Wildman–Crippen LogP) is 1.46. The molecule has 108 valence electrons. The van der Waals surface area contributed by atoms with Crippen molar-refractivity contribution < 1.29 is 28.5 Å². The topological polar surface area (TPSA) is 116 Å². The maximum absolute atomic E-state index is 13.6. The van der Waals surface area contributed by atoms with Crippen LogP contribution in [0.15, 0.2) is 17.2 Å². The van der Waals surface area contributed by atoms with E-state index in [1.165, 1.54) is 0 Å². The van der Waals surface area contributed by atoms with Crippen LogP contribution in [0.1, 0.15) is 22.0 Å². The molecule has 0 saturated heterocycles. The Bertz CT molecular complexity index is 538. The Morgan fingerprint density at radius 2 is 2.00 bits per heavy atom. The van der Waals surface area contributed by atoms with Crippen LogP contribution in [0.25, 0.3) is 10.4 Å². The number of hydrogen-bond acceptors (Lipinski definition) is 5. The van der Waals surface area contributed by atoms with Crippen molar-refractivity contribution in [1.82, 2.24) is 0 Å². The average molecular weight is 287 g/mol. The van der Waals surface area contributed by atoms with Crippen molar-refractivity contribution in [2.24, 2.45) is 5.11 Å². The fourth-order valence-corrected chi connectivity index (χ4v) is 1.50. The van der Waals surface area contributed by atoms with Gasteiger partial charge in [0.05, 0.1) is 19.8 Å². The lowest BCUT2D eigenvalue weighted by Gasteiger charge is -2.17. The Morgan fingerprint density at radius 3 is 2.45 bits per heavy atom. The van der Waals surface area contributed by atoms with Crippen molar-refractivity contribution in [3.05, 3.63) is 45.3 Å². The van der Waals surface area contributed by atoms with E-state index in [9.17, 15) is 23.8 Å². The number of benzene rings is 1. The van der Waals surface area contributed by atoms with Crippen molar-refractivity contribution in [2.45, 2.75) is 12.2 Å². The molecule has 0 saturated carbocycles. The minimum absolute atomic E-state index is 0.298. The first-order valence-corrected chi connectivity index (χ1v) is 5.36. The van der Waals surface area contributed by atoms with E-state index in [0.29, 0.717) is 12.1 Å². The van der Waals surface area contributed by atoms with Crippen molar-refractivity contribution in [3.63, 3.8) is 0 Å². The summed E-state index contributed by atoms with van der Waals surface area (Å²) < 4.78 is 31.4. The zero-order valence-corrected chi connectivity index (χ0v) is 10.3. The smallest absolute Gasteiger partial charge is 0.343 e. The molecule has 2 unspecified atom stereocenters. The number of azide groups is 1. The van der Waals surface area contributed by atoms with Crippen molar-refractivity contribution in [2.75, 3.05) is 13.7 Å². The average Bonchev–Trinajstić information content (AvgIpc) is 2.42. The number of rotatable bonds is 5. The normalized spacial score (nSPS) is 13.2. The van der Waals surface area contributed by atoms with Gasteiger partial charge in [0.2, 0.25) is 0 Å². The van der Waals surface area contributed by atoms with Crippen LogP contribution in [0.3, 0.4) is 0 Å². The highest BCUT2D eigenvalue weighted by Gasteiger charge is 2.24.